The maximum absolute atomic E-state index is 13.4. The minimum absolute atomic E-state index is 0.133. The highest BCUT2D eigenvalue weighted by Crippen LogP contribution is 2.51. The summed E-state index contributed by atoms with van der Waals surface area (Å²) in [6.07, 6.45) is -8.53. The molecule has 1 aromatic heterocycles. The molecule has 0 bridgehead atoms. The normalized spacial score (nSPS) is 14.6. The van der Waals surface area contributed by atoms with Crippen LogP contribution in [-0.4, -0.2) is 29.3 Å². The highest BCUT2D eigenvalue weighted by molar-refractivity contribution is 7.13. The zero-order valence-electron chi connectivity index (χ0n) is 14.8. The van der Waals surface area contributed by atoms with Crippen molar-refractivity contribution in [3.63, 3.8) is 0 Å². The Labute approximate surface area is 160 Å². The molecule has 1 N–H and O–H groups in total. The van der Waals surface area contributed by atoms with E-state index in [1.165, 1.54) is 6.20 Å². The van der Waals surface area contributed by atoms with Crippen molar-refractivity contribution >= 4 is 23.7 Å². The van der Waals surface area contributed by atoms with Crippen LogP contribution in [0.3, 0.4) is 0 Å². The fourth-order valence-electron chi connectivity index (χ4n) is 2.64. The number of rotatable bonds is 6. The smallest absolute Gasteiger partial charge is 0.403 e. The quantitative estimate of drug-likeness (QED) is 0.472. The number of nitrogens with zero attached hydrogens (tertiary/aromatic N) is 2. The Balaban J connectivity index is 2.96. The lowest BCUT2D eigenvalue weighted by atomic mass is 9.88. The van der Waals surface area contributed by atoms with Crippen molar-refractivity contribution in [2.75, 3.05) is 0 Å². The fraction of sp³-hybridized carbons (Fsp3) is 0.412. The first-order chi connectivity index (χ1) is 12.8. The van der Waals surface area contributed by atoms with Crippen molar-refractivity contribution in [3.05, 3.63) is 28.8 Å². The third kappa shape index (κ3) is 4.30. The van der Waals surface area contributed by atoms with E-state index in [1.54, 1.807) is 12.3 Å². The molecule has 1 unspecified atom stereocenters. The summed E-state index contributed by atoms with van der Waals surface area (Å²) in [5.74, 6) is -1.23. The number of aliphatic imine (C=N–C) groups is 1. The molecule has 4 nitrogen and oxygen atoms in total. The van der Waals surface area contributed by atoms with Crippen LogP contribution in [0.25, 0.3) is 10.6 Å². The van der Waals surface area contributed by atoms with Crippen LogP contribution in [0, 0.1) is 0 Å². The molecular weight excluding hydrogens is 410 g/mol. The lowest BCUT2D eigenvalue weighted by Crippen LogP contribution is -2.40. The molecule has 0 aliphatic carbocycles. The molecule has 0 aliphatic rings. The van der Waals surface area contributed by atoms with Gasteiger partial charge in [-0.05, 0) is 31.7 Å². The lowest BCUT2D eigenvalue weighted by molar-refractivity contribution is -0.280. The number of aromatic nitrogens is 1. The summed E-state index contributed by atoms with van der Waals surface area (Å²) in [4.78, 5) is 7.55. The second-order valence-electron chi connectivity index (χ2n) is 5.99. The average Bonchev–Trinajstić information content (AvgIpc) is 3.07. The predicted molar refractivity (Wildman–Crippen MR) is 93.1 cm³/mol. The molecular formula is C17H16F6N2O2S. The van der Waals surface area contributed by atoms with E-state index in [-0.39, 0.29) is 22.6 Å². The summed E-state index contributed by atoms with van der Waals surface area (Å²) in [6.45, 7) is 5.28. The first kappa shape index (κ1) is 22.2. The molecule has 1 heterocycles. The molecule has 0 spiro atoms. The molecule has 28 heavy (non-hydrogen) atoms. The molecule has 0 radical (unpaired) electrons. The predicted octanol–water partition coefficient (Wildman–Crippen LogP) is 5.76. The minimum atomic E-state index is -5.30. The van der Waals surface area contributed by atoms with Crippen LogP contribution in [0.2, 0.25) is 0 Å². The molecule has 2 aromatic rings. The molecule has 0 aliphatic heterocycles. The van der Waals surface area contributed by atoms with Gasteiger partial charge in [0.25, 0.3) is 0 Å². The number of thiazole rings is 1. The summed E-state index contributed by atoms with van der Waals surface area (Å²) in [5, 5.41) is 11.9. The van der Waals surface area contributed by atoms with E-state index in [2.05, 4.69) is 21.4 Å². The van der Waals surface area contributed by atoms with Crippen LogP contribution >= 0.6 is 11.3 Å². The first-order valence-corrected chi connectivity index (χ1v) is 8.83. The molecule has 0 amide bonds. The van der Waals surface area contributed by atoms with Crippen LogP contribution in [-0.2, 0) is 12.0 Å². The van der Waals surface area contributed by atoms with Crippen LogP contribution in [0.4, 0.5) is 32.0 Å². The number of hydrogen-bond acceptors (Lipinski definition) is 5. The molecule has 1 aromatic carbocycles. The first-order valence-electron chi connectivity index (χ1n) is 7.95. The van der Waals surface area contributed by atoms with Gasteiger partial charge in [0.05, 0.1) is 0 Å². The van der Waals surface area contributed by atoms with E-state index in [9.17, 15) is 31.4 Å². The van der Waals surface area contributed by atoms with Crippen LogP contribution < -0.4 is 4.74 Å². The van der Waals surface area contributed by atoms with E-state index >= 15 is 0 Å². The summed E-state index contributed by atoms with van der Waals surface area (Å²) in [6, 6.07) is 0.826. The topological polar surface area (TPSA) is 54.7 Å². The van der Waals surface area contributed by atoms with E-state index in [0.29, 0.717) is 13.3 Å². The van der Waals surface area contributed by atoms with E-state index in [0.717, 1.165) is 17.4 Å². The Hall–Kier alpha value is -2.14. The molecule has 1 atom stereocenters. The molecule has 0 saturated heterocycles. The van der Waals surface area contributed by atoms with Gasteiger partial charge >= 0.3 is 12.5 Å². The molecule has 11 heteroatoms. The summed E-state index contributed by atoms with van der Waals surface area (Å²) >= 11 is 1.08. The standard InChI is InChI=1S/C17H16F6N2O2S/c1-4-5-9-10(14-25-6-7-28-14)8-11(15(2,26)16(18,19)20)13(12(9)24-3)27-17(21,22)23/h6-8,26H,3-5H2,1-2H3. The van der Waals surface area contributed by atoms with Crippen molar-refractivity contribution in [2.24, 2.45) is 4.99 Å². The van der Waals surface area contributed by atoms with Gasteiger partial charge in [-0.1, -0.05) is 13.3 Å². The van der Waals surface area contributed by atoms with Gasteiger partial charge in [-0.3, -0.25) is 4.99 Å². The number of alkyl halides is 6. The van der Waals surface area contributed by atoms with Crippen LogP contribution in [0.1, 0.15) is 31.4 Å². The van der Waals surface area contributed by atoms with Crippen molar-refractivity contribution in [1.29, 1.82) is 0 Å². The highest BCUT2D eigenvalue weighted by Gasteiger charge is 2.54. The van der Waals surface area contributed by atoms with Crippen LogP contribution in [0.15, 0.2) is 22.6 Å². The number of aliphatic hydroxyl groups is 1. The van der Waals surface area contributed by atoms with Crippen molar-refractivity contribution < 1.29 is 36.2 Å². The maximum atomic E-state index is 13.4. The summed E-state index contributed by atoms with van der Waals surface area (Å²) < 4.78 is 83.1. The molecule has 0 fully saturated rings. The van der Waals surface area contributed by atoms with E-state index in [4.69, 9.17) is 0 Å². The Morgan fingerprint density at radius 1 is 1.25 bits per heavy atom. The van der Waals surface area contributed by atoms with E-state index < -0.39 is 35.1 Å². The minimum Gasteiger partial charge on any atom is -0.403 e. The molecule has 2 rings (SSSR count). The Morgan fingerprint density at radius 2 is 1.89 bits per heavy atom. The van der Waals surface area contributed by atoms with Gasteiger partial charge in [0, 0.05) is 22.7 Å². The highest BCUT2D eigenvalue weighted by atomic mass is 32.1. The van der Waals surface area contributed by atoms with Crippen molar-refractivity contribution in [2.45, 2.75) is 44.8 Å². The molecule has 154 valence electrons. The van der Waals surface area contributed by atoms with Gasteiger partial charge in [0.15, 0.2) is 11.4 Å². The van der Waals surface area contributed by atoms with Gasteiger partial charge in [0.1, 0.15) is 10.7 Å². The third-order valence-corrected chi connectivity index (χ3v) is 4.78. The Kier molecular flexibility index (Phi) is 6.10. The number of ether oxygens (including phenoxy) is 1. The van der Waals surface area contributed by atoms with Gasteiger partial charge in [-0.15, -0.1) is 24.5 Å². The van der Waals surface area contributed by atoms with Gasteiger partial charge in [-0.25, -0.2) is 4.98 Å². The lowest BCUT2D eigenvalue weighted by Gasteiger charge is -2.30. The zero-order chi connectivity index (χ0) is 21.3. The second-order valence-corrected chi connectivity index (χ2v) is 6.89. The van der Waals surface area contributed by atoms with Gasteiger partial charge in [-0.2, -0.15) is 13.2 Å². The number of halogens is 6. The summed E-state index contributed by atoms with van der Waals surface area (Å²) in [5.41, 5.74) is -4.93. The average molecular weight is 426 g/mol. The number of benzene rings is 1. The Morgan fingerprint density at radius 3 is 2.32 bits per heavy atom. The summed E-state index contributed by atoms with van der Waals surface area (Å²) in [7, 11) is 0. The SMILES string of the molecule is C=Nc1c(CCC)c(-c2nccs2)cc(C(C)(O)C(F)(F)F)c1OC(F)(F)F. The second kappa shape index (κ2) is 7.70. The Bertz CT molecular complexity index is 845. The van der Waals surface area contributed by atoms with Gasteiger partial charge < -0.3 is 9.84 Å². The van der Waals surface area contributed by atoms with Gasteiger partial charge in [0.2, 0.25) is 0 Å². The van der Waals surface area contributed by atoms with Crippen LogP contribution in [0.5, 0.6) is 5.75 Å². The van der Waals surface area contributed by atoms with Crippen molar-refractivity contribution in [1.82, 2.24) is 4.98 Å². The maximum Gasteiger partial charge on any atom is 0.573 e. The number of hydrogen-bond donors (Lipinski definition) is 1. The largest absolute Gasteiger partial charge is 0.573 e. The van der Waals surface area contributed by atoms with Crippen molar-refractivity contribution in [3.8, 4) is 16.3 Å². The molecule has 0 saturated carbocycles. The zero-order valence-corrected chi connectivity index (χ0v) is 15.6. The third-order valence-electron chi connectivity index (χ3n) is 3.97. The monoisotopic (exact) mass is 426 g/mol. The fourth-order valence-corrected chi connectivity index (χ4v) is 3.32. The van der Waals surface area contributed by atoms with E-state index in [1.807, 2.05) is 0 Å².